The lowest BCUT2D eigenvalue weighted by atomic mass is 10.3. The SMILES string of the molecule is CCC[N+]1(C(C)OC(C)OC)CCCC1. The molecule has 0 aliphatic carbocycles. The summed E-state index contributed by atoms with van der Waals surface area (Å²) in [6.07, 6.45) is 4.09. The summed E-state index contributed by atoms with van der Waals surface area (Å²) in [6, 6.07) is 0. The Kier molecular flexibility index (Phi) is 5.03. The van der Waals surface area contributed by atoms with Crippen LogP contribution < -0.4 is 0 Å². The molecule has 0 spiro atoms. The zero-order valence-corrected chi connectivity index (χ0v) is 10.7. The molecule has 1 fully saturated rings. The number of quaternary nitrogens is 1. The molecule has 2 unspecified atom stereocenters. The van der Waals surface area contributed by atoms with Crippen molar-refractivity contribution in [1.29, 1.82) is 0 Å². The van der Waals surface area contributed by atoms with Crippen LogP contribution in [0.4, 0.5) is 0 Å². The zero-order chi connectivity index (χ0) is 11.3. The molecular weight excluding hydrogens is 190 g/mol. The van der Waals surface area contributed by atoms with Crippen molar-refractivity contribution in [1.82, 2.24) is 0 Å². The third-order valence-corrected chi connectivity index (χ3v) is 3.62. The molecule has 3 nitrogen and oxygen atoms in total. The smallest absolute Gasteiger partial charge is 0.193 e. The van der Waals surface area contributed by atoms with E-state index in [0.29, 0.717) is 0 Å². The number of methoxy groups -OCH3 is 1. The Morgan fingerprint density at radius 3 is 2.27 bits per heavy atom. The topological polar surface area (TPSA) is 18.5 Å². The van der Waals surface area contributed by atoms with Crippen LogP contribution in [0, 0.1) is 0 Å². The van der Waals surface area contributed by atoms with Gasteiger partial charge in [-0.2, -0.15) is 0 Å². The van der Waals surface area contributed by atoms with E-state index in [-0.39, 0.29) is 12.5 Å². The summed E-state index contributed by atoms with van der Waals surface area (Å²) >= 11 is 0. The van der Waals surface area contributed by atoms with E-state index in [1.54, 1.807) is 7.11 Å². The quantitative estimate of drug-likeness (QED) is 0.501. The minimum absolute atomic E-state index is 0.0903. The van der Waals surface area contributed by atoms with Crippen molar-refractivity contribution < 1.29 is 14.0 Å². The Hall–Kier alpha value is -0.120. The van der Waals surface area contributed by atoms with Crippen LogP contribution >= 0.6 is 0 Å². The molecule has 0 amide bonds. The second-order valence-electron chi connectivity index (χ2n) is 4.64. The summed E-state index contributed by atoms with van der Waals surface area (Å²) in [7, 11) is 1.70. The van der Waals surface area contributed by atoms with Gasteiger partial charge < -0.3 is 9.47 Å². The normalized spacial score (nSPS) is 24.0. The molecule has 15 heavy (non-hydrogen) atoms. The van der Waals surface area contributed by atoms with E-state index in [1.807, 2.05) is 6.92 Å². The third kappa shape index (κ3) is 3.16. The summed E-state index contributed by atoms with van der Waals surface area (Å²) in [4.78, 5) is 0. The standard InChI is InChI=1S/C12H26NO2/c1-5-8-13(9-6-7-10-13)11(2)15-12(3)14-4/h11-12H,5-10H2,1-4H3/q+1. The van der Waals surface area contributed by atoms with Gasteiger partial charge in [-0.15, -0.1) is 0 Å². The fourth-order valence-corrected chi connectivity index (χ4v) is 2.64. The Balaban J connectivity index is 2.54. The van der Waals surface area contributed by atoms with Gasteiger partial charge in [-0.3, -0.25) is 4.48 Å². The van der Waals surface area contributed by atoms with E-state index in [1.165, 1.54) is 38.9 Å². The lowest BCUT2D eigenvalue weighted by molar-refractivity contribution is -0.961. The van der Waals surface area contributed by atoms with E-state index in [2.05, 4.69) is 13.8 Å². The lowest BCUT2D eigenvalue weighted by Gasteiger charge is -2.40. The van der Waals surface area contributed by atoms with Gasteiger partial charge in [0.25, 0.3) is 0 Å². The molecule has 2 atom stereocenters. The largest absolute Gasteiger partial charge is 0.356 e. The third-order valence-electron chi connectivity index (χ3n) is 3.62. The summed E-state index contributed by atoms with van der Waals surface area (Å²) in [5.41, 5.74) is 0. The summed E-state index contributed by atoms with van der Waals surface area (Å²) in [6.45, 7) is 10.2. The Morgan fingerprint density at radius 2 is 1.80 bits per heavy atom. The van der Waals surface area contributed by atoms with Crippen molar-refractivity contribution >= 4 is 0 Å². The predicted molar refractivity (Wildman–Crippen MR) is 61.4 cm³/mol. The number of nitrogens with zero attached hydrogens (tertiary/aromatic N) is 1. The van der Waals surface area contributed by atoms with Gasteiger partial charge in [0.1, 0.15) is 0 Å². The monoisotopic (exact) mass is 216 g/mol. The number of ether oxygens (including phenoxy) is 2. The molecule has 3 heteroatoms. The molecule has 0 bridgehead atoms. The average molecular weight is 216 g/mol. The second kappa shape index (κ2) is 5.83. The molecule has 1 heterocycles. The molecule has 0 saturated carbocycles. The second-order valence-corrected chi connectivity index (χ2v) is 4.64. The summed E-state index contributed by atoms with van der Waals surface area (Å²) in [5, 5.41) is 0. The highest BCUT2D eigenvalue weighted by molar-refractivity contribution is 4.56. The van der Waals surface area contributed by atoms with Crippen molar-refractivity contribution in [2.45, 2.75) is 52.6 Å². The summed E-state index contributed by atoms with van der Waals surface area (Å²) in [5.74, 6) is 0. The van der Waals surface area contributed by atoms with Crippen molar-refractivity contribution in [3.8, 4) is 0 Å². The van der Waals surface area contributed by atoms with E-state index in [4.69, 9.17) is 9.47 Å². The van der Waals surface area contributed by atoms with Gasteiger partial charge in [-0.1, -0.05) is 6.92 Å². The molecule has 1 rings (SSSR count). The minimum Gasteiger partial charge on any atom is -0.356 e. The maximum absolute atomic E-state index is 5.89. The molecule has 0 aromatic rings. The molecular formula is C12H26NO2+. The van der Waals surface area contributed by atoms with E-state index in [0.717, 1.165) is 4.48 Å². The molecule has 0 aromatic carbocycles. The van der Waals surface area contributed by atoms with E-state index in [9.17, 15) is 0 Å². The van der Waals surface area contributed by atoms with Gasteiger partial charge in [0.2, 0.25) is 0 Å². The number of hydrogen-bond acceptors (Lipinski definition) is 2. The van der Waals surface area contributed by atoms with E-state index >= 15 is 0 Å². The van der Waals surface area contributed by atoms with Gasteiger partial charge in [0.15, 0.2) is 12.5 Å². The van der Waals surface area contributed by atoms with Crippen LogP contribution in [0.2, 0.25) is 0 Å². The van der Waals surface area contributed by atoms with Crippen LogP contribution in [0.5, 0.6) is 0 Å². The molecule has 0 N–H and O–H groups in total. The van der Waals surface area contributed by atoms with E-state index < -0.39 is 0 Å². The van der Waals surface area contributed by atoms with Crippen molar-refractivity contribution in [3.05, 3.63) is 0 Å². The summed E-state index contributed by atoms with van der Waals surface area (Å²) < 4.78 is 12.2. The van der Waals surface area contributed by atoms with Crippen molar-refractivity contribution in [3.63, 3.8) is 0 Å². The zero-order valence-electron chi connectivity index (χ0n) is 10.7. The maximum Gasteiger partial charge on any atom is 0.193 e. The van der Waals surface area contributed by atoms with Crippen LogP contribution in [-0.2, 0) is 9.47 Å². The fourth-order valence-electron chi connectivity index (χ4n) is 2.64. The van der Waals surface area contributed by atoms with Gasteiger partial charge in [-0.05, 0) is 13.3 Å². The Bertz CT molecular complexity index is 178. The van der Waals surface area contributed by atoms with Crippen LogP contribution in [-0.4, -0.2) is 43.7 Å². The number of hydrogen-bond donors (Lipinski definition) is 0. The van der Waals surface area contributed by atoms with Crippen molar-refractivity contribution in [2.24, 2.45) is 0 Å². The minimum atomic E-state index is -0.0903. The molecule has 1 aliphatic heterocycles. The first-order valence-corrected chi connectivity index (χ1v) is 6.18. The highest BCUT2D eigenvalue weighted by Crippen LogP contribution is 2.25. The lowest BCUT2D eigenvalue weighted by Crippen LogP contribution is -2.54. The van der Waals surface area contributed by atoms with Gasteiger partial charge in [0, 0.05) is 26.9 Å². The van der Waals surface area contributed by atoms with Gasteiger partial charge in [-0.25, -0.2) is 0 Å². The first-order valence-electron chi connectivity index (χ1n) is 6.18. The molecule has 1 aliphatic rings. The maximum atomic E-state index is 5.89. The van der Waals surface area contributed by atoms with Crippen LogP contribution in [0.1, 0.15) is 40.0 Å². The van der Waals surface area contributed by atoms with Crippen molar-refractivity contribution in [2.75, 3.05) is 26.7 Å². The average Bonchev–Trinajstić information content (AvgIpc) is 2.68. The highest BCUT2D eigenvalue weighted by atomic mass is 16.7. The predicted octanol–water partition coefficient (Wildman–Crippen LogP) is 2.36. The Morgan fingerprint density at radius 1 is 1.20 bits per heavy atom. The Labute approximate surface area is 93.9 Å². The first kappa shape index (κ1) is 12.9. The molecule has 1 saturated heterocycles. The van der Waals surface area contributed by atoms with Crippen LogP contribution in [0.15, 0.2) is 0 Å². The van der Waals surface area contributed by atoms with Crippen LogP contribution in [0.3, 0.4) is 0 Å². The molecule has 0 radical (unpaired) electrons. The fraction of sp³-hybridized carbons (Fsp3) is 1.00. The number of rotatable bonds is 6. The molecule has 90 valence electrons. The molecule has 0 aromatic heterocycles. The van der Waals surface area contributed by atoms with Crippen LogP contribution in [0.25, 0.3) is 0 Å². The number of likely N-dealkylation sites (tertiary alicyclic amines) is 1. The van der Waals surface area contributed by atoms with Gasteiger partial charge in [0.05, 0.1) is 19.6 Å². The highest BCUT2D eigenvalue weighted by Gasteiger charge is 2.37. The first-order chi connectivity index (χ1) is 7.14. The van der Waals surface area contributed by atoms with Gasteiger partial charge >= 0.3 is 0 Å².